The summed E-state index contributed by atoms with van der Waals surface area (Å²) in [6.45, 7) is 2.67. The van der Waals surface area contributed by atoms with Gasteiger partial charge in [0, 0.05) is 0 Å². The highest BCUT2D eigenvalue weighted by atomic mass is 16.5. The summed E-state index contributed by atoms with van der Waals surface area (Å²) >= 11 is 0. The van der Waals surface area contributed by atoms with Crippen molar-refractivity contribution in [2.45, 2.75) is 110 Å². The maximum Gasteiger partial charge on any atom is 0.306 e. The minimum absolute atomic E-state index is 0.0261. The molecule has 0 aromatic rings. The van der Waals surface area contributed by atoms with Crippen molar-refractivity contribution in [1.29, 1.82) is 0 Å². The number of hydrogen-bond donors (Lipinski definition) is 1. The molecular formula is C22H40O4. The maximum atomic E-state index is 11.2. The molecule has 4 heteroatoms. The van der Waals surface area contributed by atoms with Crippen LogP contribution in [-0.2, 0) is 14.3 Å². The molecule has 0 aliphatic heterocycles. The van der Waals surface area contributed by atoms with Crippen molar-refractivity contribution in [2.24, 2.45) is 0 Å². The lowest BCUT2D eigenvalue weighted by Crippen LogP contribution is -2.08. The zero-order valence-corrected chi connectivity index (χ0v) is 16.8. The lowest BCUT2D eigenvalue weighted by Gasteiger charge is -2.04. The zero-order valence-electron chi connectivity index (χ0n) is 16.8. The summed E-state index contributed by atoms with van der Waals surface area (Å²) in [5, 5.41) is 8.47. The van der Waals surface area contributed by atoms with Crippen LogP contribution in [0.1, 0.15) is 110 Å². The van der Waals surface area contributed by atoms with Crippen LogP contribution < -0.4 is 0 Å². The van der Waals surface area contributed by atoms with Gasteiger partial charge in [-0.2, -0.15) is 0 Å². The Kier molecular flexibility index (Phi) is 19.0. The second-order valence-corrected chi connectivity index (χ2v) is 7.05. The molecule has 0 radical (unpaired) electrons. The largest absolute Gasteiger partial charge is 0.481 e. The number of ether oxygens (including phenoxy) is 1. The van der Waals surface area contributed by atoms with Gasteiger partial charge in [-0.25, -0.2) is 0 Å². The van der Waals surface area contributed by atoms with Crippen LogP contribution in [-0.4, -0.2) is 23.7 Å². The number of hydrogen-bond acceptors (Lipinski definition) is 3. The number of unbranched alkanes of at least 4 members (excludes halogenated alkanes) is 12. The third-order valence-corrected chi connectivity index (χ3v) is 4.46. The van der Waals surface area contributed by atoms with Crippen LogP contribution in [0.5, 0.6) is 0 Å². The Morgan fingerprint density at radius 2 is 1.23 bits per heavy atom. The summed E-state index contributed by atoms with van der Waals surface area (Å²) in [4.78, 5) is 21.5. The number of allylic oxidation sites excluding steroid dienone is 2. The minimum Gasteiger partial charge on any atom is -0.481 e. The van der Waals surface area contributed by atoms with Crippen molar-refractivity contribution in [3.05, 3.63) is 12.2 Å². The maximum absolute atomic E-state index is 11.2. The third-order valence-electron chi connectivity index (χ3n) is 4.46. The Bertz CT molecular complexity index is 363. The first kappa shape index (κ1) is 24.7. The van der Waals surface area contributed by atoms with E-state index in [0.717, 1.165) is 12.8 Å². The van der Waals surface area contributed by atoms with Crippen LogP contribution in [0.25, 0.3) is 0 Å². The summed E-state index contributed by atoms with van der Waals surface area (Å²) in [6.07, 6.45) is 22.0. The molecule has 0 saturated carbocycles. The highest BCUT2D eigenvalue weighted by Gasteiger charge is 2.05. The van der Waals surface area contributed by atoms with Gasteiger partial charge in [0.1, 0.15) is 0 Å². The molecular weight excluding hydrogens is 328 g/mol. The fourth-order valence-corrected chi connectivity index (χ4v) is 2.82. The number of esters is 1. The first-order chi connectivity index (χ1) is 12.7. The first-order valence-electron chi connectivity index (χ1n) is 10.7. The average Bonchev–Trinajstić information content (AvgIpc) is 2.62. The van der Waals surface area contributed by atoms with E-state index in [4.69, 9.17) is 9.84 Å². The fraction of sp³-hybridized carbons (Fsp3) is 0.818. The van der Waals surface area contributed by atoms with Gasteiger partial charge in [-0.1, -0.05) is 76.9 Å². The van der Waals surface area contributed by atoms with Crippen LogP contribution in [0, 0.1) is 0 Å². The molecule has 0 unspecified atom stereocenters. The third kappa shape index (κ3) is 20.7. The molecule has 4 nitrogen and oxygen atoms in total. The van der Waals surface area contributed by atoms with Gasteiger partial charge in [0.2, 0.25) is 0 Å². The summed E-state index contributed by atoms with van der Waals surface area (Å²) in [7, 11) is 0. The van der Waals surface area contributed by atoms with Gasteiger partial charge < -0.3 is 9.84 Å². The average molecular weight is 369 g/mol. The first-order valence-corrected chi connectivity index (χ1v) is 10.7. The van der Waals surface area contributed by atoms with Gasteiger partial charge in [0.25, 0.3) is 0 Å². The summed E-state index contributed by atoms with van der Waals surface area (Å²) in [5.41, 5.74) is 0. The molecule has 0 rings (SSSR count). The van der Waals surface area contributed by atoms with Gasteiger partial charge in [0.15, 0.2) is 0 Å². The molecule has 0 aromatic heterocycles. The van der Waals surface area contributed by atoms with E-state index in [1.54, 1.807) is 0 Å². The normalized spacial score (nSPS) is 11.1. The number of rotatable bonds is 19. The standard InChI is InChI=1S/C22H40O4/c1-2-3-4-5-6-7-8-9-10-11-12-13-14-15-16-17-20-26-22(25)19-18-21(23)24/h9-10H,2-8,11-20H2,1H3,(H,23,24). The molecule has 0 saturated heterocycles. The lowest BCUT2D eigenvalue weighted by atomic mass is 10.1. The molecule has 0 bridgehead atoms. The van der Waals surface area contributed by atoms with Crippen LogP contribution in [0.3, 0.4) is 0 Å². The fourth-order valence-electron chi connectivity index (χ4n) is 2.82. The predicted molar refractivity (Wildman–Crippen MR) is 107 cm³/mol. The Hall–Kier alpha value is -1.32. The van der Waals surface area contributed by atoms with E-state index in [-0.39, 0.29) is 12.8 Å². The molecule has 1 N–H and O–H groups in total. The smallest absolute Gasteiger partial charge is 0.306 e. The van der Waals surface area contributed by atoms with E-state index < -0.39 is 11.9 Å². The molecule has 0 aromatic carbocycles. The molecule has 0 spiro atoms. The molecule has 0 aliphatic rings. The van der Waals surface area contributed by atoms with Crippen LogP contribution >= 0.6 is 0 Å². The van der Waals surface area contributed by atoms with E-state index in [1.807, 2.05) is 0 Å². The van der Waals surface area contributed by atoms with Crippen molar-refractivity contribution in [3.63, 3.8) is 0 Å². The van der Waals surface area contributed by atoms with E-state index in [2.05, 4.69) is 19.1 Å². The van der Waals surface area contributed by atoms with E-state index >= 15 is 0 Å². The predicted octanol–water partition coefficient (Wildman–Crippen LogP) is 6.43. The highest BCUT2D eigenvalue weighted by molar-refractivity contribution is 5.76. The van der Waals surface area contributed by atoms with Gasteiger partial charge in [0.05, 0.1) is 19.4 Å². The number of carbonyl (C=O) groups excluding carboxylic acids is 1. The van der Waals surface area contributed by atoms with E-state index in [1.165, 1.54) is 77.0 Å². The Labute approximate surface area is 160 Å². The molecule has 0 amide bonds. The zero-order chi connectivity index (χ0) is 19.3. The van der Waals surface area contributed by atoms with Crippen molar-refractivity contribution in [3.8, 4) is 0 Å². The number of carboxylic acid groups (broad SMARTS) is 1. The molecule has 0 fully saturated rings. The monoisotopic (exact) mass is 368 g/mol. The number of carboxylic acids is 1. The van der Waals surface area contributed by atoms with Crippen molar-refractivity contribution in [2.75, 3.05) is 6.61 Å². The van der Waals surface area contributed by atoms with Crippen molar-refractivity contribution in [1.82, 2.24) is 0 Å². The second kappa shape index (κ2) is 20.0. The number of carbonyl (C=O) groups is 2. The topological polar surface area (TPSA) is 63.6 Å². The van der Waals surface area contributed by atoms with Gasteiger partial charge >= 0.3 is 11.9 Å². The summed E-state index contributed by atoms with van der Waals surface area (Å²) in [6, 6.07) is 0. The second-order valence-electron chi connectivity index (χ2n) is 7.05. The minimum atomic E-state index is -0.959. The quantitative estimate of drug-likeness (QED) is 0.162. The van der Waals surface area contributed by atoms with Gasteiger partial charge in [-0.3, -0.25) is 9.59 Å². The molecule has 0 atom stereocenters. The molecule has 26 heavy (non-hydrogen) atoms. The molecule has 152 valence electrons. The van der Waals surface area contributed by atoms with Crippen molar-refractivity contribution >= 4 is 11.9 Å². The van der Waals surface area contributed by atoms with E-state index in [9.17, 15) is 9.59 Å². The van der Waals surface area contributed by atoms with Crippen LogP contribution in [0.2, 0.25) is 0 Å². The SMILES string of the molecule is CCCCCCCCC=CCCCCCCCCOC(=O)CCC(=O)O. The van der Waals surface area contributed by atoms with Gasteiger partial charge in [-0.15, -0.1) is 0 Å². The summed E-state index contributed by atoms with van der Waals surface area (Å²) in [5.74, 6) is -1.36. The lowest BCUT2D eigenvalue weighted by molar-refractivity contribution is -0.147. The molecule has 0 aliphatic carbocycles. The van der Waals surface area contributed by atoms with Crippen LogP contribution in [0.4, 0.5) is 0 Å². The number of aliphatic carboxylic acids is 1. The Morgan fingerprint density at radius 1 is 0.731 bits per heavy atom. The van der Waals surface area contributed by atoms with Crippen LogP contribution in [0.15, 0.2) is 12.2 Å². The van der Waals surface area contributed by atoms with Crippen molar-refractivity contribution < 1.29 is 19.4 Å². The summed E-state index contributed by atoms with van der Waals surface area (Å²) < 4.78 is 5.00. The van der Waals surface area contributed by atoms with E-state index in [0.29, 0.717) is 6.61 Å². The Morgan fingerprint density at radius 3 is 1.77 bits per heavy atom. The van der Waals surface area contributed by atoms with Gasteiger partial charge in [-0.05, 0) is 32.1 Å². The molecule has 0 heterocycles. The Balaban J connectivity index is 3.18. The highest BCUT2D eigenvalue weighted by Crippen LogP contribution is 2.10.